The number of rotatable bonds is 12. The van der Waals surface area contributed by atoms with Gasteiger partial charge >= 0.3 is 21.0 Å². The number of hydrogen-bond acceptors (Lipinski definition) is 5. The lowest BCUT2D eigenvalue weighted by Gasteiger charge is -2.25. The summed E-state index contributed by atoms with van der Waals surface area (Å²) < 4.78 is 113. The highest BCUT2D eigenvalue weighted by atomic mass is 31.1. The van der Waals surface area contributed by atoms with Crippen LogP contribution >= 0.6 is 8.69 Å². The van der Waals surface area contributed by atoms with Crippen LogP contribution in [0.5, 0.6) is 5.75 Å². The van der Waals surface area contributed by atoms with E-state index in [9.17, 15) is 40.4 Å². The van der Waals surface area contributed by atoms with Crippen LogP contribution in [0.1, 0.15) is 35.1 Å². The maximum Gasteiger partial charge on any atom is 0.419 e. The number of aryl methyl sites for hydroxylation is 2. The molecule has 35 heavy (non-hydrogen) atoms. The summed E-state index contributed by atoms with van der Waals surface area (Å²) in [7, 11) is -0.638. The minimum Gasteiger partial charge on any atom is -0.493 e. The third-order valence-corrected chi connectivity index (χ3v) is 5.42. The molecular weight excluding hydrogens is 506 g/mol. The van der Waals surface area contributed by atoms with Gasteiger partial charge in [0.1, 0.15) is 11.6 Å². The van der Waals surface area contributed by atoms with E-state index in [2.05, 4.69) is 4.52 Å². The highest BCUT2D eigenvalue weighted by Gasteiger charge is 2.35. The first-order valence-electron chi connectivity index (χ1n) is 10.3. The Kier molecular flexibility index (Phi) is 10.0. The van der Waals surface area contributed by atoms with Crippen molar-refractivity contribution in [2.75, 3.05) is 19.8 Å². The maximum atomic E-state index is 13.6. The monoisotopic (exact) mass is 529 g/mol. The molecule has 2 aromatic carbocycles. The Morgan fingerprint density at radius 3 is 2.11 bits per heavy atom. The summed E-state index contributed by atoms with van der Waals surface area (Å²) in [4.78, 5) is 0. The largest absolute Gasteiger partial charge is 0.493 e. The van der Waals surface area contributed by atoms with E-state index in [-0.39, 0.29) is 50.0 Å². The van der Waals surface area contributed by atoms with Gasteiger partial charge in [0.05, 0.1) is 36.5 Å². The van der Waals surface area contributed by atoms with Crippen LogP contribution in [0.15, 0.2) is 36.4 Å². The zero-order chi connectivity index (χ0) is 26.3. The van der Waals surface area contributed by atoms with Crippen LogP contribution in [0.2, 0.25) is 0 Å². The molecule has 0 spiro atoms. The fourth-order valence-corrected chi connectivity index (χ4v) is 3.54. The molecule has 1 atom stereocenters. The summed E-state index contributed by atoms with van der Waals surface area (Å²) in [5.41, 5.74) is 2.72. The smallest absolute Gasteiger partial charge is 0.419 e. The lowest BCUT2D eigenvalue weighted by atomic mass is 9.93. The Bertz CT molecular complexity index is 1000. The van der Waals surface area contributed by atoms with Crippen LogP contribution < -0.4 is 10.5 Å². The predicted molar refractivity (Wildman–Crippen MR) is 113 cm³/mol. The van der Waals surface area contributed by atoms with Crippen LogP contribution in [0, 0.1) is 5.82 Å². The highest BCUT2D eigenvalue weighted by molar-refractivity contribution is 7.17. The Morgan fingerprint density at radius 2 is 1.54 bits per heavy atom. The number of nitrogens with two attached hydrogens (primary N) is 1. The second-order valence-corrected chi connectivity index (χ2v) is 8.37. The van der Waals surface area contributed by atoms with E-state index in [1.165, 1.54) is 6.07 Å². The first kappa shape index (κ1) is 29.0. The maximum absolute atomic E-state index is 13.6. The van der Waals surface area contributed by atoms with Gasteiger partial charge in [-0.05, 0) is 61.1 Å². The summed E-state index contributed by atoms with van der Waals surface area (Å²) in [6.45, 7) is -0.976. The zero-order valence-electron chi connectivity index (χ0n) is 18.3. The van der Waals surface area contributed by atoms with Gasteiger partial charge in [-0.2, -0.15) is 26.3 Å². The molecule has 1 unspecified atom stereocenters. The third-order valence-electron chi connectivity index (χ3n) is 5.19. The number of aliphatic hydroxyl groups is 1. The van der Waals surface area contributed by atoms with Gasteiger partial charge in [0, 0.05) is 0 Å². The van der Waals surface area contributed by atoms with Gasteiger partial charge in [-0.1, -0.05) is 12.1 Å². The average molecular weight is 529 g/mol. The lowest BCUT2D eigenvalue weighted by molar-refractivity contribution is -0.140. The lowest BCUT2D eigenvalue weighted by Crippen LogP contribution is -2.47. The molecule has 3 N–H and O–H groups in total. The Morgan fingerprint density at radius 1 is 0.914 bits per heavy atom. The molecule has 0 amide bonds. The van der Waals surface area contributed by atoms with E-state index in [4.69, 9.17) is 10.5 Å². The fraction of sp³-hybridized carbons (Fsp3) is 0.455. The zero-order valence-corrected chi connectivity index (χ0v) is 19.2. The van der Waals surface area contributed by atoms with Crippen molar-refractivity contribution in [3.8, 4) is 5.75 Å². The molecule has 5 nitrogen and oxygen atoms in total. The molecule has 2 rings (SSSR count). The number of alkyl halides is 6. The first-order chi connectivity index (χ1) is 16.3. The third kappa shape index (κ3) is 8.71. The van der Waals surface area contributed by atoms with E-state index in [0.29, 0.717) is 6.07 Å². The standard InChI is InChI=1S/C22H23F7NO4P/c23-18-11-14(3-5-16(18)21(24,25)26)2-1-9-33-19-6-4-15(10-17(19)22(27,28)29)7-8-20(30,12-31)13-34-35-32/h3-6,10-11,31H,1-2,7-9,12-13,30H2. The SMILES string of the molecule is NC(CO)(CCc1ccc(OCCCc2ccc(C(F)(F)F)c(F)c2)c(C(F)(F)F)c1)COP=O. The van der Waals surface area contributed by atoms with E-state index >= 15 is 0 Å². The molecule has 0 radical (unpaired) electrons. The van der Waals surface area contributed by atoms with Crippen molar-refractivity contribution in [3.63, 3.8) is 0 Å². The molecule has 0 heterocycles. The Labute approximate surface area is 198 Å². The highest BCUT2D eigenvalue weighted by Crippen LogP contribution is 2.37. The number of aliphatic hydroxyl groups excluding tert-OH is 1. The van der Waals surface area contributed by atoms with E-state index in [1.807, 2.05) is 0 Å². The van der Waals surface area contributed by atoms with Gasteiger partial charge < -0.3 is 15.6 Å². The van der Waals surface area contributed by atoms with E-state index in [1.54, 1.807) is 0 Å². The first-order valence-corrected chi connectivity index (χ1v) is 11.0. The summed E-state index contributed by atoms with van der Waals surface area (Å²) in [6.07, 6.45) is -9.20. The Hall–Kier alpha value is -2.27. The van der Waals surface area contributed by atoms with Crippen LogP contribution in [0.25, 0.3) is 0 Å². The fourth-order valence-electron chi connectivity index (χ4n) is 3.23. The van der Waals surface area contributed by atoms with Crippen molar-refractivity contribution < 1.29 is 49.7 Å². The Balaban J connectivity index is 2.02. The van der Waals surface area contributed by atoms with Gasteiger partial charge in [0.15, 0.2) is 0 Å². The molecule has 0 aromatic heterocycles. The molecule has 0 aliphatic rings. The summed E-state index contributed by atoms with van der Waals surface area (Å²) >= 11 is 0. The van der Waals surface area contributed by atoms with Gasteiger partial charge in [-0.3, -0.25) is 4.52 Å². The number of ether oxygens (including phenoxy) is 1. The van der Waals surface area contributed by atoms with Crippen molar-refractivity contribution in [2.45, 2.75) is 43.6 Å². The number of halogens is 7. The van der Waals surface area contributed by atoms with Crippen LogP contribution in [0.4, 0.5) is 30.7 Å². The summed E-state index contributed by atoms with van der Waals surface area (Å²) in [5, 5.41) is 9.40. The quantitative estimate of drug-likeness (QED) is 0.209. The van der Waals surface area contributed by atoms with Gasteiger partial charge in [0.2, 0.25) is 0 Å². The van der Waals surface area contributed by atoms with Crippen molar-refractivity contribution in [3.05, 3.63) is 64.5 Å². The van der Waals surface area contributed by atoms with Gasteiger partial charge in [-0.25, -0.2) is 8.96 Å². The molecule has 194 valence electrons. The molecule has 0 fully saturated rings. The predicted octanol–water partition coefficient (Wildman–Crippen LogP) is 5.72. The molecule has 13 heteroatoms. The van der Waals surface area contributed by atoms with Crippen molar-refractivity contribution in [2.24, 2.45) is 5.73 Å². The second kappa shape index (κ2) is 12.1. The van der Waals surface area contributed by atoms with Crippen LogP contribution in [-0.2, 0) is 34.3 Å². The molecule has 0 aliphatic carbocycles. The topological polar surface area (TPSA) is 81.8 Å². The summed E-state index contributed by atoms with van der Waals surface area (Å²) in [5.74, 6) is -1.86. The van der Waals surface area contributed by atoms with Crippen molar-refractivity contribution in [1.82, 2.24) is 0 Å². The van der Waals surface area contributed by atoms with E-state index < -0.39 is 55.9 Å². The van der Waals surface area contributed by atoms with Crippen molar-refractivity contribution in [1.29, 1.82) is 0 Å². The molecule has 0 saturated carbocycles. The van der Waals surface area contributed by atoms with Gasteiger partial charge in [0.25, 0.3) is 0 Å². The molecular formula is C22H23F7NO4P. The molecule has 2 aromatic rings. The number of benzene rings is 2. The molecule has 0 bridgehead atoms. The van der Waals surface area contributed by atoms with Gasteiger partial charge in [-0.15, -0.1) is 0 Å². The van der Waals surface area contributed by atoms with Crippen LogP contribution in [0.3, 0.4) is 0 Å². The normalized spacial score (nSPS) is 14.2. The van der Waals surface area contributed by atoms with E-state index in [0.717, 1.165) is 24.3 Å². The second-order valence-electron chi connectivity index (χ2n) is 7.96. The summed E-state index contributed by atoms with van der Waals surface area (Å²) in [6, 6.07) is 5.90. The minimum atomic E-state index is -4.82. The molecule has 0 aliphatic heterocycles. The molecule has 0 saturated heterocycles. The van der Waals surface area contributed by atoms with Crippen LogP contribution in [-0.4, -0.2) is 30.5 Å². The van der Waals surface area contributed by atoms with Crippen molar-refractivity contribution >= 4 is 8.69 Å². The average Bonchev–Trinajstić information content (AvgIpc) is 2.78. The number of hydrogen-bond donors (Lipinski definition) is 2. The minimum absolute atomic E-state index is 0.0558.